The molecule has 1 N–H and O–H groups in total. The van der Waals surface area contributed by atoms with Crippen molar-refractivity contribution in [2.24, 2.45) is 0 Å². The van der Waals surface area contributed by atoms with Crippen molar-refractivity contribution >= 4 is 18.0 Å². The van der Waals surface area contributed by atoms with Crippen LogP contribution in [-0.2, 0) is 9.47 Å². The summed E-state index contributed by atoms with van der Waals surface area (Å²) in [5.41, 5.74) is 0.981. The summed E-state index contributed by atoms with van der Waals surface area (Å²) >= 11 is 0. The van der Waals surface area contributed by atoms with E-state index in [-0.39, 0.29) is 0 Å². The van der Waals surface area contributed by atoms with Crippen molar-refractivity contribution in [3.05, 3.63) is 76.9 Å². The van der Waals surface area contributed by atoms with Crippen molar-refractivity contribution in [2.45, 2.75) is 19.4 Å². The number of hydrogen-bond donors (Lipinski definition) is 1. The lowest BCUT2D eigenvalue weighted by Crippen LogP contribution is -2.13. The van der Waals surface area contributed by atoms with E-state index < -0.39 is 17.5 Å². The van der Waals surface area contributed by atoms with Crippen LogP contribution in [0.1, 0.15) is 45.7 Å². The van der Waals surface area contributed by atoms with E-state index in [1.54, 1.807) is 60.7 Å². The molecule has 32 heavy (non-hydrogen) atoms. The Morgan fingerprint density at radius 2 is 1.44 bits per heavy atom. The van der Waals surface area contributed by atoms with Crippen molar-refractivity contribution in [3.8, 4) is 24.5 Å². The maximum absolute atomic E-state index is 11.3. The highest BCUT2D eigenvalue weighted by atomic mass is 16.5. The summed E-state index contributed by atoms with van der Waals surface area (Å²) < 4.78 is 9.15. The van der Waals surface area contributed by atoms with Gasteiger partial charge in [0.25, 0.3) is 0 Å². The Bertz CT molecular complexity index is 1060. The third kappa shape index (κ3) is 10.4. The minimum Gasteiger partial charge on any atom is -0.465 e. The van der Waals surface area contributed by atoms with Gasteiger partial charge in [0.05, 0.1) is 37.5 Å². The fourth-order valence-corrected chi connectivity index (χ4v) is 1.96. The molecule has 0 saturated carbocycles. The van der Waals surface area contributed by atoms with Crippen LogP contribution in [0, 0.1) is 35.0 Å². The van der Waals surface area contributed by atoms with Crippen LogP contribution in [0.4, 0.5) is 0 Å². The first-order valence-corrected chi connectivity index (χ1v) is 9.16. The van der Waals surface area contributed by atoms with Crippen LogP contribution in [0.25, 0.3) is 6.08 Å². The fraction of sp³-hybridized carbons (Fsp3) is 0.200. The number of allylic oxidation sites excluding steroid dienone is 1. The Morgan fingerprint density at radius 3 is 1.91 bits per heavy atom. The molecule has 0 aliphatic rings. The topological polar surface area (TPSA) is 120 Å². The van der Waals surface area contributed by atoms with E-state index in [0.717, 1.165) is 0 Å². The van der Waals surface area contributed by atoms with E-state index in [1.807, 2.05) is 6.07 Å². The first-order valence-electron chi connectivity index (χ1n) is 9.16. The van der Waals surface area contributed by atoms with Gasteiger partial charge in [0.1, 0.15) is 5.60 Å². The lowest BCUT2D eigenvalue weighted by molar-refractivity contribution is 0.0591. The van der Waals surface area contributed by atoms with Crippen molar-refractivity contribution in [2.75, 3.05) is 14.2 Å². The van der Waals surface area contributed by atoms with Crippen LogP contribution in [0.15, 0.2) is 54.6 Å². The number of rotatable bonds is 3. The molecule has 2 rings (SSSR count). The molecule has 0 amide bonds. The molecule has 0 unspecified atom stereocenters. The fourth-order valence-electron chi connectivity index (χ4n) is 1.96. The highest BCUT2D eigenvalue weighted by Crippen LogP contribution is 2.11. The first kappa shape index (κ1) is 27.6. The van der Waals surface area contributed by atoms with E-state index in [1.165, 1.54) is 34.1 Å². The van der Waals surface area contributed by atoms with Gasteiger partial charge in [-0.25, -0.2) is 9.59 Å². The van der Waals surface area contributed by atoms with Crippen LogP contribution < -0.4 is 0 Å². The average molecular weight is 432 g/mol. The molecule has 0 saturated heterocycles. The second-order valence-electron chi connectivity index (χ2n) is 6.39. The zero-order valence-corrected chi connectivity index (χ0v) is 18.3. The molecule has 0 aliphatic heterocycles. The smallest absolute Gasteiger partial charge is 0.339 e. The Labute approximate surface area is 188 Å². The van der Waals surface area contributed by atoms with Gasteiger partial charge in [-0.05, 0) is 43.7 Å². The number of esters is 2. The normalized spacial score (nSPS) is 9.44. The van der Waals surface area contributed by atoms with Gasteiger partial charge in [0.15, 0.2) is 0 Å². The van der Waals surface area contributed by atoms with Gasteiger partial charge in [-0.1, -0.05) is 36.3 Å². The molecule has 0 heterocycles. The van der Waals surface area contributed by atoms with Crippen molar-refractivity contribution in [1.29, 1.82) is 10.5 Å². The molecule has 0 aliphatic carbocycles. The Hall–Kier alpha value is -4.38. The molecule has 0 aromatic heterocycles. The van der Waals surface area contributed by atoms with Crippen molar-refractivity contribution in [3.63, 3.8) is 0 Å². The quantitative estimate of drug-likeness (QED) is 0.339. The zero-order chi connectivity index (χ0) is 24.6. The molecule has 0 spiro atoms. The summed E-state index contributed by atoms with van der Waals surface area (Å²) in [6.07, 6.45) is 8.08. The van der Waals surface area contributed by atoms with E-state index in [9.17, 15) is 9.59 Å². The zero-order valence-electron chi connectivity index (χ0n) is 18.3. The van der Waals surface area contributed by atoms with Crippen LogP contribution in [0.5, 0.6) is 0 Å². The summed E-state index contributed by atoms with van der Waals surface area (Å²) in [6, 6.07) is 17.3. The van der Waals surface area contributed by atoms with E-state index >= 15 is 0 Å². The molecule has 7 nitrogen and oxygen atoms in total. The number of nitriles is 2. The predicted octanol–water partition coefficient (Wildman–Crippen LogP) is 3.75. The number of methoxy groups -OCH3 is 2. The highest BCUT2D eigenvalue weighted by Gasteiger charge is 2.09. The molecule has 2 aromatic rings. The number of ether oxygens (including phenoxy) is 2. The number of benzene rings is 2. The van der Waals surface area contributed by atoms with Gasteiger partial charge >= 0.3 is 11.9 Å². The maximum atomic E-state index is 11.3. The van der Waals surface area contributed by atoms with Crippen molar-refractivity contribution < 1.29 is 24.2 Å². The van der Waals surface area contributed by atoms with Gasteiger partial charge in [0.2, 0.25) is 0 Å². The summed E-state index contributed by atoms with van der Waals surface area (Å²) in [5.74, 6) is 1.61. The number of terminal acetylenes is 1. The van der Waals surface area contributed by atoms with E-state index in [4.69, 9.17) is 22.1 Å². The second kappa shape index (κ2) is 14.6. The standard InChI is InChI=1S/C11H9NO2.C10H8O2.C4H7NO/c1-14-11(13)10-7-3-2-5-9(10)6-4-8-12;1-3-8-6-4-5-7-9(8)10(11)12-2;1-4(2,6)3-5/h2-7H,1H3;1,4-7H,2H3;6H,1-2H3/b6-4+;;. The number of carbonyl (C=O) groups excluding carboxylic acids is 2. The number of aliphatic hydroxyl groups is 1. The lowest BCUT2D eigenvalue weighted by atomic mass is 10.1. The van der Waals surface area contributed by atoms with E-state index in [2.05, 4.69) is 15.4 Å². The van der Waals surface area contributed by atoms with Crippen LogP contribution >= 0.6 is 0 Å². The Morgan fingerprint density at radius 1 is 0.969 bits per heavy atom. The first-order chi connectivity index (χ1) is 15.1. The average Bonchev–Trinajstić information content (AvgIpc) is 2.82. The number of hydrogen-bond acceptors (Lipinski definition) is 7. The molecule has 7 heteroatoms. The van der Waals surface area contributed by atoms with Gasteiger partial charge in [-0.3, -0.25) is 0 Å². The van der Waals surface area contributed by atoms with Crippen molar-refractivity contribution in [1.82, 2.24) is 0 Å². The van der Waals surface area contributed by atoms with Crippen LogP contribution in [0.2, 0.25) is 0 Å². The Balaban J connectivity index is 0.000000487. The van der Waals surface area contributed by atoms with E-state index in [0.29, 0.717) is 22.3 Å². The summed E-state index contributed by atoms with van der Waals surface area (Å²) in [7, 11) is 2.66. The molecule has 0 atom stereocenters. The van der Waals surface area contributed by atoms with Gasteiger partial charge in [-0.15, -0.1) is 6.42 Å². The SMILES string of the molecule is C#Cc1ccccc1C(=O)OC.CC(C)(O)C#N.COC(=O)c1ccccc1/C=C/C#N. The monoisotopic (exact) mass is 432 g/mol. The molecule has 0 radical (unpaired) electrons. The number of carbonyl (C=O) groups is 2. The molecular weight excluding hydrogens is 408 g/mol. The van der Waals surface area contributed by atoms with Gasteiger partial charge in [0, 0.05) is 11.6 Å². The molecule has 0 fully saturated rings. The summed E-state index contributed by atoms with van der Waals surface area (Å²) in [5, 5.41) is 24.7. The summed E-state index contributed by atoms with van der Waals surface area (Å²) in [6.45, 7) is 2.88. The minimum absolute atomic E-state index is 0.399. The molecule has 2 aromatic carbocycles. The largest absolute Gasteiger partial charge is 0.465 e. The highest BCUT2D eigenvalue weighted by molar-refractivity contribution is 5.93. The minimum atomic E-state index is -1.15. The van der Waals surface area contributed by atoms with Crippen LogP contribution in [-0.4, -0.2) is 36.9 Å². The van der Waals surface area contributed by atoms with Gasteiger partial charge in [-0.2, -0.15) is 10.5 Å². The summed E-state index contributed by atoms with van der Waals surface area (Å²) in [4.78, 5) is 22.3. The second-order valence-corrected chi connectivity index (χ2v) is 6.39. The number of nitrogens with zero attached hydrogens (tertiary/aromatic N) is 2. The lowest BCUT2D eigenvalue weighted by Gasteiger charge is -2.02. The van der Waals surface area contributed by atoms with Crippen LogP contribution in [0.3, 0.4) is 0 Å². The molecular formula is C25H24N2O5. The third-order valence-corrected chi connectivity index (χ3v) is 3.47. The predicted molar refractivity (Wildman–Crippen MR) is 120 cm³/mol. The third-order valence-electron chi connectivity index (χ3n) is 3.47. The maximum Gasteiger partial charge on any atom is 0.339 e. The molecule has 164 valence electrons. The Kier molecular flexibility index (Phi) is 12.6. The molecule has 0 bridgehead atoms. The van der Waals surface area contributed by atoms with Gasteiger partial charge < -0.3 is 14.6 Å².